The van der Waals surface area contributed by atoms with Gasteiger partial charge in [0.05, 0.1) is 24.8 Å². The van der Waals surface area contributed by atoms with Gasteiger partial charge in [-0.15, -0.1) is 0 Å². The molecule has 2 unspecified atom stereocenters. The summed E-state index contributed by atoms with van der Waals surface area (Å²) in [7, 11) is 1.37. The average molecular weight is 284 g/mol. The quantitative estimate of drug-likeness (QED) is 0.638. The second kappa shape index (κ2) is 6.99. The fourth-order valence-corrected chi connectivity index (χ4v) is 1.90. The van der Waals surface area contributed by atoms with Crippen LogP contribution in [0.15, 0.2) is 23.8 Å². The standard InChI is InChI=1S/C14H24N2O4/c1-5-14(3,10(2)17)15-13(18)11-6-8-12(9-7-11)16(19)20-4/h6-8,10,12,17,19H,5,9H2,1-4H3,(H,15,18)/t10-,12?,14?/m1/s1. The number of amides is 1. The molecule has 3 N–H and O–H groups in total. The third-order valence-corrected chi connectivity index (χ3v) is 3.87. The minimum atomic E-state index is -0.655. The normalized spacial score (nSPS) is 23.1. The number of aliphatic hydroxyl groups excluding tert-OH is 1. The molecule has 0 fully saturated rings. The Kier molecular flexibility index (Phi) is 5.88. The average Bonchev–Trinajstić information content (AvgIpc) is 2.46. The molecule has 0 aliphatic heterocycles. The van der Waals surface area contributed by atoms with E-state index in [9.17, 15) is 15.1 Å². The highest BCUT2D eigenvalue weighted by Gasteiger charge is 2.30. The van der Waals surface area contributed by atoms with Crippen molar-refractivity contribution in [2.75, 3.05) is 7.11 Å². The molecule has 3 atom stereocenters. The molecule has 0 saturated carbocycles. The van der Waals surface area contributed by atoms with Gasteiger partial charge in [0, 0.05) is 5.57 Å². The van der Waals surface area contributed by atoms with E-state index >= 15 is 0 Å². The van der Waals surface area contributed by atoms with Crippen LogP contribution in [0.4, 0.5) is 0 Å². The van der Waals surface area contributed by atoms with Crippen molar-refractivity contribution in [1.82, 2.24) is 10.5 Å². The van der Waals surface area contributed by atoms with E-state index in [4.69, 9.17) is 0 Å². The van der Waals surface area contributed by atoms with E-state index in [0.717, 1.165) is 5.23 Å². The topological polar surface area (TPSA) is 82.0 Å². The Balaban J connectivity index is 2.67. The lowest BCUT2D eigenvalue weighted by molar-refractivity contribution is -0.340. The van der Waals surface area contributed by atoms with Gasteiger partial charge in [0.15, 0.2) is 0 Å². The van der Waals surface area contributed by atoms with Crippen LogP contribution in [-0.4, -0.2) is 46.2 Å². The number of nitrogens with one attached hydrogen (secondary N) is 1. The molecule has 0 heterocycles. The molecule has 0 aromatic carbocycles. The van der Waals surface area contributed by atoms with Crippen LogP contribution < -0.4 is 5.32 Å². The zero-order valence-corrected chi connectivity index (χ0v) is 12.5. The van der Waals surface area contributed by atoms with Crippen molar-refractivity contribution in [3.63, 3.8) is 0 Å². The van der Waals surface area contributed by atoms with Gasteiger partial charge >= 0.3 is 0 Å². The van der Waals surface area contributed by atoms with Crippen molar-refractivity contribution >= 4 is 5.91 Å². The molecule has 0 bridgehead atoms. The summed E-state index contributed by atoms with van der Waals surface area (Å²) in [5, 5.41) is 22.8. The summed E-state index contributed by atoms with van der Waals surface area (Å²) in [5.41, 5.74) is -0.135. The summed E-state index contributed by atoms with van der Waals surface area (Å²) < 4.78 is 0. The summed E-state index contributed by atoms with van der Waals surface area (Å²) in [4.78, 5) is 16.9. The first kappa shape index (κ1) is 16.8. The van der Waals surface area contributed by atoms with Gasteiger partial charge < -0.3 is 10.4 Å². The summed E-state index contributed by atoms with van der Waals surface area (Å²) in [6.45, 7) is 5.38. The van der Waals surface area contributed by atoms with E-state index in [2.05, 4.69) is 10.2 Å². The van der Waals surface area contributed by atoms with Crippen molar-refractivity contribution in [1.29, 1.82) is 0 Å². The predicted octanol–water partition coefficient (Wildman–Crippen LogP) is 1.16. The lowest BCUT2D eigenvalue weighted by Gasteiger charge is -2.33. The molecule has 0 spiro atoms. The second-order valence-electron chi connectivity index (χ2n) is 5.21. The van der Waals surface area contributed by atoms with Crippen LogP contribution >= 0.6 is 0 Å². The highest BCUT2D eigenvalue weighted by molar-refractivity contribution is 5.96. The van der Waals surface area contributed by atoms with Gasteiger partial charge in [0.2, 0.25) is 0 Å². The molecule has 1 amide bonds. The van der Waals surface area contributed by atoms with Crippen molar-refractivity contribution < 1.29 is 19.9 Å². The number of carbonyl (C=O) groups is 1. The van der Waals surface area contributed by atoms with Gasteiger partial charge in [-0.2, -0.15) is 0 Å². The minimum Gasteiger partial charge on any atom is -0.391 e. The third kappa shape index (κ3) is 3.89. The Labute approximate surface area is 119 Å². The van der Waals surface area contributed by atoms with E-state index in [-0.39, 0.29) is 11.9 Å². The highest BCUT2D eigenvalue weighted by Crippen LogP contribution is 2.19. The molecular formula is C14H24N2O4. The summed E-state index contributed by atoms with van der Waals surface area (Å²) in [5.74, 6) is -0.230. The Morgan fingerprint density at radius 1 is 1.70 bits per heavy atom. The van der Waals surface area contributed by atoms with Crippen LogP contribution in [0.2, 0.25) is 0 Å². The van der Waals surface area contributed by atoms with E-state index in [1.165, 1.54) is 7.11 Å². The molecule has 1 aliphatic rings. The van der Waals surface area contributed by atoms with Gasteiger partial charge in [-0.25, -0.2) is 0 Å². The van der Waals surface area contributed by atoms with E-state index < -0.39 is 11.6 Å². The van der Waals surface area contributed by atoms with Gasteiger partial charge in [-0.3, -0.25) is 14.8 Å². The second-order valence-corrected chi connectivity index (χ2v) is 5.21. The maximum Gasteiger partial charge on any atom is 0.251 e. The molecule has 1 rings (SSSR count). The molecule has 0 radical (unpaired) electrons. The predicted molar refractivity (Wildman–Crippen MR) is 74.8 cm³/mol. The molecular weight excluding hydrogens is 260 g/mol. The molecule has 0 aromatic heterocycles. The zero-order chi connectivity index (χ0) is 15.3. The first-order valence-corrected chi connectivity index (χ1v) is 6.75. The maximum atomic E-state index is 12.2. The van der Waals surface area contributed by atoms with Crippen molar-refractivity contribution in [3.8, 4) is 0 Å². The molecule has 0 saturated heterocycles. The highest BCUT2D eigenvalue weighted by atomic mass is 16.9. The number of rotatable bonds is 6. The summed E-state index contributed by atoms with van der Waals surface area (Å²) in [6.07, 6.45) is 5.54. The summed E-state index contributed by atoms with van der Waals surface area (Å²) >= 11 is 0. The number of aliphatic hydroxyl groups is 1. The fraction of sp³-hybridized carbons (Fsp3) is 0.643. The van der Waals surface area contributed by atoms with Gasteiger partial charge in [-0.05, 0) is 26.7 Å². The summed E-state index contributed by atoms with van der Waals surface area (Å²) in [6, 6.07) is -0.300. The maximum absolute atomic E-state index is 12.2. The third-order valence-electron chi connectivity index (χ3n) is 3.87. The molecule has 6 nitrogen and oxygen atoms in total. The molecule has 1 aliphatic carbocycles. The largest absolute Gasteiger partial charge is 0.391 e. The van der Waals surface area contributed by atoms with Gasteiger partial charge in [-0.1, -0.05) is 30.4 Å². The monoisotopic (exact) mass is 284 g/mol. The smallest absolute Gasteiger partial charge is 0.251 e. The van der Waals surface area contributed by atoms with Crippen LogP contribution in [0.3, 0.4) is 0 Å². The molecule has 114 valence electrons. The SMILES string of the molecule is CCC(C)(NC(=O)C1=CCC(N(O)OC)C=C1)[C@@H](C)O. The van der Waals surface area contributed by atoms with Crippen LogP contribution in [-0.2, 0) is 9.63 Å². The fourth-order valence-electron chi connectivity index (χ4n) is 1.90. The Morgan fingerprint density at radius 3 is 2.75 bits per heavy atom. The van der Waals surface area contributed by atoms with Crippen LogP contribution in [0, 0.1) is 0 Å². The van der Waals surface area contributed by atoms with Crippen molar-refractivity contribution in [2.24, 2.45) is 0 Å². The molecule has 6 heteroatoms. The van der Waals surface area contributed by atoms with E-state index in [1.807, 2.05) is 13.8 Å². The zero-order valence-electron chi connectivity index (χ0n) is 12.5. The number of hydrogen-bond acceptors (Lipinski definition) is 5. The first-order chi connectivity index (χ1) is 9.34. The lowest BCUT2D eigenvalue weighted by atomic mass is 9.91. The molecule has 0 aromatic rings. The Morgan fingerprint density at radius 2 is 2.35 bits per heavy atom. The minimum absolute atomic E-state index is 0.230. The van der Waals surface area contributed by atoms with Crippen LogP contribution in [0.25, 0.3) is 0 Å². The van der Waals surface area contributed by atoms with Crippen molar-refractivity contribution in [3.05, 3.63) is 23.8 Å². The van der Waals surface area contributed by atoms with Gasteiger partial charge in [0.25, 0.3) is 5.91 Å². The van der Waals surface area contributed by atoms with E-state index in [0.29, 0.717) is 18.4 Å². The number of carbonyl (C=O) groups excluding carboxylic acids is 1. The van der Waals surface area contributed by atoms with E-state index in [1.54, 1.807) is 25.2 Å². The number of nitrogens with zero attached hydrogens (tertiary/aromatic N) is 1. The number of hydroxylamine groups is 2. The first-order valence-electron chi connectivity index (χ1n) is 6.75. The van der Waals surface area contributed by atoms with Crippen molar-refractivity contribution in [2.45, 2.75) is 51.3 Å². The van der Waals surface area contributed by atoms with Crippen LogP contribution in [0.1, 0.15) is 33.6 Å². The Hall–Kier alpha value is -1.21. The lowest BCUT2D eigenvalue weighted by Crippen LogP contribution is -2.53. The Bertz CT molecular complexity index is 406. The van der Waals surface area contributed by atoms with Gasteiger partial charge in [0.1, 0.15) is 0 Å². The number of hydrogen-bond donors (Lipinski definition) is 3. The van der Waals surface area contributed by atoms with Crippen LogP contribution in [0.5, 0.6) is 0 Å². The molecule has 20 heavy (non-hydrogen) atoms.